The Hall–Kier alpha value is -1.88. The van der Waals surface area contributed by atoms with Gasteiger partial charge in [-0.15, -0.1) is 0 Å². The molecule has 0 saturated heterocycles. The third kappa shape index (κ3) is 3.61. The Kier molecular flexibility index (Phi) is 4.96. The van der Waals surface area contributed by atoms with Gasteiger partial charge in [0.2, 0.25) is 5.91 Å². The molecule has 1 N–H and O–H groups in total. The van der Waals surface area contributed by atoms with Crippen molar-refractivity contribution >= 4 is 11.9 Å². The van der Waals surface area contributed by atoms with Crippen LogP contribution in [0.4, 0.5) is 0 Å². The van der Waals surface area contributed by atoms with Crippen LogP contribution in [0.1, 0.15) is 24.5 Å². The fourth-order valence-electron chi connectivity index (χ4n) is 2.76. The molecule has 1 heterocycles. The van der Waals surface area contributed by atoms with E-state index in [0.717, 1.165) is 11.1 Å². The molecule has 5 heteroatoms. The molecule has 114 valence electrons. The first-order chi connectivity index (χ1) is 10.0. The Labute approximate surface area is 124 Å². The van der Waals surface area contributed by atoms with Crippen LogP contribution in [0, 0.1) is 5.92 Å². The zero-order valence-electron chi connectivity index (χ0n) is 12.4. The zero-order chi connectivity index (χ0) is 15.4. The lowest BCUT2D eigenvalue weighted by Crippen LogP contribution is -2.49. The Morgan fingerprint density at radius 3 is 2.67 bits per heavy atom. The van der Waals surface area contributed by atoms with Gasteiger partial charge in [0.05, 0.1) is 0 Å². The molecule has 1 aliphatic rings. The van der Waals surface area contributed by atoms with Gasteiger partial charge in [0, 0.05) is 33.1 Å². The van der Waals surface area contributed by atoms with Crippen molar-refractivity contribution in [2.75, 3.05) is 13.7 Å². The lowest BCUT2D eigenvalue weighted by molar-refractivity contribution is -0.152. The predicted molar refractivity (Wildman–Crippen MR) is 77.8 cm³/mol. The van der Waals surface area contributed by atoms with Crippen LogP contribution >= 0.6 is 0 Å². The van der Waals surface area contributed by atoms with Crippen LogP contribution < -0.4 is 0 Å². The highest BCUT2D eigenvalue weighted by Gasteiger charge is 2.34. The molecule has 1 aromatic carbocycles. The molecular formula is C16H21NO4. The van der Waals surface area contributed by atoms with Gasteiger partial charge < -0.3 is 14.7 Å². The van der Waals surface area contributed by atoms with E-state index in [4.69, 9.17) is 4.74 Å². The maximum Gasteiger partial charge on any atom is 0.326 e. The minimum Gasteiger partial charge on any atom is -0.480 e. The number of carboxylic acid groups (broad SMARTS) is 1. The first-order valence-electron chi connectivity index (χ1n) is 7.11. The minimum atomic E-state index is -0.947. The Balaban J connectivity index is 2.16. The van der Waals surface area contributed by atoms with E-state index in [1.807, 2.05) is 31.2 Å². The van der Waals surface area contributed by atoms with Crippen LogP contribution in [0.5, 0.6) is 0 Å². The van der Waals surface area contributed by atoms with Gasteiger partial charge in [0.15, 0.2) is 0 Å². The Morgan fingerprint density at radius 1 is 1.38 bits per heavy atom. The number of hydrogen-bond acceptors (Lipinski definition) is 3. The average Bonchev–Trinajstić information content (AvgIpc) is 2.45. The first kappa shape index (κ1) is 15.5. The molecule has 21 heavy (non-hydrogen) atoms. The summed E-state index contributed by atoms with van der Waals surface area (Å²) in [5.41, 5.74) is 2.04. The Bertz CT molecular complexity index is 529. The first-order valence-corrected chi connectivity index (χ1v) is 7.11. The lowest BCUT2D eigenvalue weighted by atomic mass is 9.93. The maximum absolute atomic E-state index is 12.4. The Morgan fingerprint density at radius 2 is 2.05 bits per heavy atom. The molecule has 1 amide bonds. The summed E-state index contributed by atoms with van der Waals surface area (Å²) < 4.78 is 5.04. The van der Waals surface area contributed by atoms with Gasteiger partial charge in [-0.25, -0.2) is 4.79 Å². The summed E-state index contributed by atoms with van der Waals surface area (Å²) in [6.45, 7) is 2.79. The van der Waals surface area contributed by atoms with Gasteiger partial charge in [0.25, 0.3) is 0 Å². The topological polar surface area (TPSA) is 66.8 Å². The van der Waals surface area contributed by atoms with E-state index in [-0.39, 0.29) is 11.8 Å². The smallest absolute Gasteiger partial charge is 0.326 e. The second-order valence-electron chi connectivity index (χ2n) is 5.61. The van der Waals surface area contributed by atoms with Crippen molar-refractivity contribution in [2.24, 2.45) is 5.92 Å². The molecule has 0 fully saturated rings. The zero-order valence-corrected chi connectivity index (χ0v) is 12.4. The molecule has 2 atom stereocenters. The summed E-state index contributed by atoms with van der Waals surface area (Å²) in [6, 6.07) is 6.92. The second kappa shape index (κ2) is 6.72. The molecule has 5 nitrogen and oxygen atoms in total. The van der Waals surface area contributed by atoms with E-state index in [2.05, 4.69) is 0 Å². The number of carboxylic acids is 1. The largest absolute Gasteiger partial charge is 0.480 e. The number of amides is 1. The second-order valence-corrected chi connectivity index (χ2v) is 5.61. The van der Waals surface area contributed by atoms with E-state index in [1.54, 1.807) is 7.11 Å². The lowest BCUT2D eigenvalue weighted by Gasteiger charge is -2.35. The SMILES string of the molecule is COCC(C)CC(=O)N1Cc2ccccc2CC1C(=O)O. The maximum atomic E-state index is 12.4. The van der Waals surface area contributed by atoms with Crippen molar-refractivity contribution in [3.8, 4) is 0 Å². The normalized spacial score (nSPS) is 19.0. The van der Waals surface area contributed by atoms with E-state index >= 15 is 0 Å². The molecule has 2 rings (SSSR count). The highest BCUT2D eigenvalue weighted by atomic mass is 16.5. The predicted octanol–water partition coefficient (Wildman–Crippen LogP) is 1.70. The summed E-state index contributed by atoms with van der Waals surface area (Å²) in [5.74, 6) is -0.993. The number of methoxy groups -OCH3 is 1. The third-order valence-corrected chi connectivity index (χ3v) is 3.83. The van der Waals surface area contributed by atoms with Gasteiger partial charge in [-0.1, -0.05) is 31.2 Å². The van der Waals surface area contributed by atoms with Crippen molar-refractivity contribution < 1.29 is 19.4 Å². The molecule has 0 aromatic heterocycles. The highest BCUT2D eigenvalue weighted by Crippen LogP contribution is 2.24. The van der Waals surface area contributed by atoms with Crippen LogP contribution in [0.2, 0.25) is 0 Å². The highest BCUT2D eigenvalue weighted by molar-refractivity contribution is 5.84. The standard InChI is InChI=1S/C16H21NO4/c1-11(10-21-2)7-15(18)17-9-13-6-4-3-5-12(13)8-14(17)16(19)20/h3-6,11,14H,7-10H2,1-2H3,(H,19,20). The van der Waals surface area contributed by atoms with Crippen LogP contribution in [0.3, 0.4) is 0 Å². The number of carbonyl (C=O) groups is 2. The van der Waals surface area contributed by atoms with E-state index in [0.29, 0.717) is 26.0 Å². The molecule has 0 radical (unpaired) electrons. The van der Waals surface area contributed by atoms with Gasteiger partial charge in [0.1, 0.15) is 6.04 Å². The quantitative estimate of drug-likeness (QED) is 0.896. The van der Waals surface area contributed by atoms with E-state index in [9.17, 15) is 14.7 Å². The van der Waals surface area contributed by atoms with Gasteiger partial charge in [-0.3, -0.25) is 4.79 Å². The molecular weight excluding hydrogens is 270 g/mol. The molecule has 2 unspecified atom stereocenters. The summed E-state index contributed by atoms with van der Waals surface area (Å²) in [6.07, 6.45) is 0.676. The molecule has 1 aliphatic heterocycles. The van der Waals surface area contributed by atoms with Crippen LogP contribution in [-0.4, -0.2) is 41.6 Å². The van der Waals surface area contributed by atoms with Gasteiger partial charge in [-0.2, -0.15) is 0 Å². The summed E-state index contributed by atoms with van der Waals surface area (Å²) in [5, 5.41) is 9.40. The minimum absolute atomic E-state index is 0.0779. The van der Waals surface area contributed by atoms with Crippen molar-refractivity contribution in [3.63, 3.8) is 0 Å². The molecule has 0 spiro atoms. The van der Waals surface area contributed by atoms with Crippen LogP contribution in [-0.2, 0) is 27.3 Å². The monoisotopic (exact) mass is 291 g/mol. The fraction of sp³-hybridized carbons (Fsp3) is 0.500. The number of fused-ring (bicyclic) bond motifs is 1. The number of carbonyl (C=O) groups excluding carboxylic acids is 1. The number of rotatable bonds is 5. The number of benzene rings is 1. The third-order valence-electron chi connectivity index (χ3n) is 3.83. The summed E-state index contributed by atoms with van der Waals surface area (Å²) in [4.78, 5) is 25.4. The number of hydrogen-bond donors (Lipinski definition) is 1. The van der Waals surface area contributed by atoms with Crippen LogP contribution in [0.25, 0.3) is 0 Å². The molecule has 1 aromatic rings. The van der Waals surface area contributed by atoms with Crippen molar-refractivity contribution in [1.82, 2.24) is 4.90 Å². The molecule has 0 saturated carbocycles. The summed E-state index contributed by atoms with van der Waals surface area (Å²) >= 11 is 0. The van der Waals surface area contributed by atoms with Crippen molar-refractivity contribution in [2.45, 2.75) is 32.4 Å². The van der Waals surface area contributed by atoms with E-state index < -0.39 is 12.0 Å². The van der Waals surface area contributed by atoms with E-state index in [1.165, 1.54) is 4.90 Å². The number of aliphatic carboxylic acids is 1. The average molecular weight is 291 g/mol. The van der Waals surface area contributed by atoms with Crippen molar-refractivity contribution in [1.29, 1.82) is 0 Å². The molecule has 0 bridgehead atoms. The van der Waals surface area contributed by atoms with Crippen molar-refractivity contribution in [3.05, 3.63) is 35.4 Å². The fourth-order valence-corrected chi connectivity index (χ4v) is 2.76. The van der Waals surface area contributed by atoms with Gasteiger partial charge in [-0.05, 0) is 17.0 Å². The number of nitrogens with zero attached hydrogens (tertiary/aromatic N) is 1. The molecule has 0 aliphatic carbocycles. The van der Waals surface area contributed by atoms with Gasteiger partial charge >= 0.3 is 5.97 Å². The number of ether oxygens (including phenoxy) is 1. The summed E-state index contributed by atoms with van der Waals surface area (Å²) in [7, 11) is 1.60. The van der Waals surface area contributed by atoms with Crippen LogP contribution in [0.15, 0.2) is 24.3 Å².